The molecule has 0 saturated carbocycles. The van der Waals surface area contributed by atoms with Crippen LogP contribution in [0.1, 0.15) is 41.5 Å². The van der Waals surface area contributed by atoms with E-state index in [0.717, 1.165) is 0 Å². The van der Waals surface area contributed by atoms with Crippen molar-refractivity contribution in [1.29, 1.82) is 0 Å². The van der Waals surface area contributed by atoms with E-state index in [1.807, 2.05) is 41.5 Å². The molecule has 1 heterocycles. The summed E-state index contributed by atoms with van der Waals surface area (Å²) in [5, 5.41) is 10.9. The molecule has 0 spiro atoms. The Morgan fingerprint density at radius 1 is 1.14 bits per heavy atom. The van der Waals surface area contributed by atoms with Gasteiger partial charge in [-0.05, 0) is 39.2 Å². The quantitative estimate of drug-likeness (QED) is 0.392. The van der Waals surface area contributed by atoms with E-state index in [1.54, 1.807) is 6.07 Å². The largest absolute Gasteiger partial charge is 0.495 e. The van der Waals surface area contributed by atoms with Crippen LogP contribution in [0.2, 0.25) is 0 Å². The lowest BCUT2D eigenvalue weighted by Gasteiger charge is -2.32. The average Bonchev–Trinajstić information content (AvgIpc) is 2.61. The predicted octanol–water partition coefficient (Wildman–Crippen LogP) is 2.50. The molecule has 1 aliphatic rings. The Balaban J connectivity index is 0.00000106. The van der Waals surface area contributed by atoms with Gasteiger partial charge in [0.2, 0.25) is 0 Å². The minimum Gasteiger partial charge on any atom is -0.399 e. The van der Waals surface area contributed by atoms with E-state index in [2.05, 4.69) is 0 Å². The lowest BCUT2D eigenvalue weighted by atomic mass is 9.79. The van der Waals surface area contributed by atoms with Crippen LogP contribution in [0.3, 0.4) is 0 Å². The monoisotopic (exact) mass is 294 g/mol. The van der Waals surface area contributed by atoms with Crippen LogP contribution in [0.4, 0.5) is 11.4 Å². The number of benzene rings is 1. The molecule has 0 radical (unpaired) electrons. The van der Waals surface area contributed by atoms with Crippen LogP contribution < -0.4 is 11.2 Å². The molecule has 0 amide bonds. The van der Waals surface area contributed by atoms with Crippen molar-refractivity contribution in [2.45, 2.75) is 52.7 Å². The number of nitrogen functional groups attached to an aromatic ring is 1. The Morgan fingerprint density at radius 3 is 2.05 bits per heavy atom. The first-order valence-corrected chi connectivity index (χ1v) is 7.03. The summed E-state index contributed by atoms with van der Waals surface area (Å²) in [5.41, 5.74) is 5.21. The summed E-state index contributed by atoms with van der Waals surface area (Å²) in [6.07, 6.45) is 0. The summed E-state index contributed by atoms with van der Waals surface area (Å²) in [7, 11) is -0.621. The smallest absolute Gasteiger partial charge is 0.399 e. The van der Waals surface area contributed by atoms with Crippen molar-refractivity contribution in [1.82, 2.24) is 0 Å². The molecule has 1 aromatic rings. The Bertz CT molecular complexity index is 516. The highest BCUT2D eigenvalue weighted by atomic mass is 16.7. The third-order valence-corrected chi connectivity index (χ3v) is 3.78. The Hall–Kier alpha value is -1.60. The van der Waals surface area contributed by atoms with E-state index in [4.69, 9.17) is 15.0 Å². The molecule has 0 aliphatic carbocycles. The number of anilines is 1. The SMILES string of the molecule is CC.CC1(C)OB(c2ccc(N)c([N+](=O)[O-])c2)OC1(C)C. The van der Waals surface area contributed by atoms with E-state index in [1.165, 1.54) is 12.1 Å². The predicted molar refractivity (Wildman–Crippen MR) is 84.6 cm³/mol. The van der Waals surface area contributed by atoms with Crippen LogP contribution in [-0.4, -0.2) is 23.2 Å². The van der Waals surface area contributed by atoms with Gasteiger partial charge in [0.15, 0.2) is 0 Å². The maximum Gasteiger partial charge on any atom is 0.495 e. The Labute approximate surface area is 125 Å². The maximum absolute atomic E-state index is 10.9. The van der Waals surface area contributed by atoms with Gasteiger partial charge in [-0.2, -0.15) is 0 Å². The van der Waals surface area contributed by atoms with Gasteiger partial charge in [-0.25, -0.2) is 0 Å². The number of nitrogens with zero attached hydrogens (tertiary/aromatic N) is 1. The van der Waals surface area contributed by atoms with Gasteiger partial charge < -0.3 is 15.0 Å². The Morgan fingerprint density at radius 2 is 1.62 bits per heavy atom. The minimum absolute atomic E-state index is 0.130. The number of nitro benzene ring substituents is 1. The first-order valence-electron chi connectivity index (χ1n) is 7.03. The van der Waals surface area contributed by atoms with Gasteiger partial charge in [0.1, 0.15) is 5.69 Å². The molecule has 1 aliphatic heterocycles. The second kappa shape index (κ2) is 6.03. The highest BCUT2D eigenvalue weighted by Crippen LogP contribution is 2.36. The van der Waals surface area contributed by atoms with Crippen molar-refractivity contribution >= 4 is 24.0 Å². The fraction of sp³-hybridized carbons (Fsp3) is 0.571. The zero-order valence-corrected chi connectivity index (χ0v) is 13.5. The standard InChI is InChI=1S/C12H17BN2O4.C2H6/c1-11(2)12(3,4)19-13(18-11)8-5-6-9(14)10(7-8)15(16)17;1-2/h5-7H,14H2,1-4H3;1-2H3. The summed E-state index contributed by atoms with van der Waals surface area (Å²) in [5.74, 6) is 0. The Kier molecular flexibility index (Phi) is 5.01. The zero-order chi connectivity index (χ0) is 16.4. The van der Waals surface area contributed by atoms with E-state index in [-0.39, 0.29) is 11.4 Å². The third kappa shape index (κ3) is 3.36. The van der Waals surface area contributed by atoms with Crippen LogP contribution in [-0.2, 0) is 9.31 Å². The second-order valence-electron chi connectivity index (χ2n) is 5.66. The average molecular weight is 294 g/mol. The molecule has 0 unspecified atom stereocenters. The molecule has 116 valence electrons. The van der Waals surface area contributed by atoms with Gasteiger partial charge >= 0.3 is 7.12 Å². The van der Waals surface area contributed by atoms with Crippen molar-refractivity contribution in [2.75, 3.05) is 5.73 Å². The van der Waals surface area contributed by atoms with Crippen molar-refractivity contribution in [2.24, 2.45) is 0 Å². The molecular formula is C14H23BN2O4. The van der Waals surface area contributed by atoms with E-state index >= 15 is 0 Å². The fourth-order valence-electron chi connectivity index (χ4n) is 1.84. The molecule has 6 nitrogen and oxygen atoms in total. The number of rotatable bonds is 2. The van der Waals surface area contributed by atoms with Gasteiger partial charge in [0, 0.05) is 6.07 Å². The normalized spacial score (nSPS) is 18.9. The van der Waals surface area contributed by atoms with Crippen LogP contribution in [0.15, 0.2) is 18.2 Å². The minimum atomic E-state index is -0.621. The molecule has 21 heavy (non-hydrogen) atoms. The highest BCUT2D eigenvalue weighted by molar-refractivity contribution is 6.62. The van der Waals surface area contributed by atoms with Crippen molar-refractivity contribution in [3.05, 3.63) is 28.3 Å². The molecule has 0 bridgehead atoms. The van der Waals surface area contributed by atoms with Gasteiger partial charge in [-0.3, -0.25) is 10.1 Å². The molecule has 1 saturated heterocycles. The first kappa shape index (κ1) is 17.5. The van der Waals surface area contributed by atoms with Crippen LogP contribution in [0.5, 0.6) is 0 Å². The van der Waals surface area contributed by atoms with E-state index in [0.29, 0.717) is 5.46 Å². The number of hydrogen-bond acceptors (Lipinski definition) is 5. The topological polar surface area (TPSA) is 87.6 Å². The summed E-state index contributed by atoms with van der Waals surface area (Å²) in [6.45, 7) is 11.7. The van der Waals surface area contributed by atoms with E-state index < -0.39 is 23.2 Å². The molecule has 2 N–H and O–H groups in total. The summed E-state index contributed by atoms with van der Waals surface area (Å²) < 4.78 is 11.7. The lowest BCUT2D eigenvalue weighted by Crippen LogP contribution is -2.41. The number of nitro groups is 1. The number of hydrogen-bond donors (Lipinski definition) is 1. The molecule has 1 fully saturated rings. The summed E-state index contributed by atoms with van der Waals surface area (Å²) in [4.78, 5) is 10.4. The van der Waals surface area contributed by atoms with Crippen molar-refractivity contribution in [3.8, 4) is 0 Å². The molecule has 1 aromatic carbocycles. The van der Waals surface area contributed by atoms with E-state index in [9.17, 15) is 10.1 Å². The van der Waals surface area contributed by atoms with Gasteiger partial charge in [-0.1, -0.05) is 19.9 Å². The molecule has 7 heteroatoms. The lowest BCUT2D eigenvalue weighted by molar-refractivity contribution is -0.383. The van der Waals surface area contributed by atoms with Crippen LogP contribution >= 0.6 is 0 Å². The maximum atomic E-state index is 10.9. The fourth-order valence-corrected chi connectivity index (χ4v) is 1.84. The zero-order valence-electron chi connectivity index (χ0n) is 13.5. The number of nitrogens with two attached hydrogens (primary N) is 1. The van der Waals surface area contributed by atoms with Gasteiger partial charge in [-0.15, -0.1) is 0 Å². The molecule has 0 aromatic heterocycles. The highest BCUT2D eigenvalue weighted by Gasteiger charge is 2.51. The van der Waals surface area contributed by atoms with Crippen molar-refractivity contribution < 1.29 is 14.2 Å². The molecule has 0 atom stereocenters. The summed E-state index contributed by atoms with van der Waals surface area (Å²) >= 11 is 0. The van der Waals surface area contributed by atoms with Crippen molar-refractivity contribution in [3.63, 3.8) is 0 Å². The molecule has 2 rings (SSSR count). The van der Waals surface area contributed by atoms with Gasteiger partial charge in [0.05, 0.1) is 16.1 Å². The summed E-state index contributed by atoms with van der Waals surface area (Å²) in [6, 6.07) is 4.58. The second-order valence-corrected chi connectivity index (χ2v) is 5.66. The third-order valence-electron chi connectivity index (χ3n) is 3.78. The van der Waals surface area contributed by atoms with Gasteiger partial charge in [0.25, 0.3) is 5.69 Å². The van der Waals surface area contributed by atoms with Crippen LogP contribution in [0.25, 0.3) is 0 Å². The first-order chi connectivity index (χ1) is 9.64. The van der Waals surface area contributed by atoms with Crippen LogP contribution in [0, 0.1) is 10.1 Å². The molecular weight excluding hydrogens is 271 g/mol.